The van der Waals surface area contributed by atoms with E-state index in [-0.39, 0.29) is 5.82 Å². The van der Waals surface area contributed by atoms with Gasteiger partial charge in [0.15, 0.2) is 0 Å². The zero-order valence-electron chi connectivity index (χ0n) is 9.86. The summed E-state index contributed by atoms with van der Waals surface area (Å²) in [5, 5.41) is 9.55. The fourth-order valence-electron chi connectivity index (χ4n) is 1.90. The molecule has 2 rings (SSSR count). The van der Waals surface area contributed by atoms with Crippen LogP contribution in [-0.4, -0.2) is 24.9 Å². The molecule has 0 bridgehead atoms. The lowest BCUT2D eigenvalue weighted by atomic mass is 10.1. The van der Waals surface area contributed by atoms with Gasteiger partial charge in [-0.05, 0) is 31.5 Å². The first-order valence-corrected chi connectivity index (χ1v) is 5.85. The molecular weight excluding hydrogens is 223 g/mol. The summed E-state index contributed by atoms with van der Waals surface area (Å²) in [6.45, 7) is 3.64. The lowest BCUT2D eigenvalue weighted by Crippen LogP contribution is -2.13. The summed E-state index contributed by atoms with van der Waals surface area (Å²) in [6.07, 6.45) is 0.256. The first kappa shape index (κ1) is 12.3. The van der Waals surface area contributed by atoms with Crippen LogP contribution in [0.1, 0.15) is 25.0 Å². The molecule has 3 nitrogen and oxygen atoms in total. The molecule has 1 aliphatic rings. The van der Waals surface area contributed by atoms with Gasteiger partial charge in [-0.2, -0.15) is 0 Å². The summed E-state index contributed by atoms with van der Waals surface area (Å²) < 4.78 is 23.9. The molecule has 0 saturated carbocycles. The maximum absolute atomic E-state index is 13.1. The third-order valence-electron chi connectivity index (χ3n) is 2.92. The van der Waals surface area contributed by atoms with E-state index in [2.05, 4.69) is 0 Å². The van der Waals surface area contributed by atoms with Crippen LogP contribution in [0.4, 0.5) is 4.39 Å². The average molecular weight is 240 g/mol. The number of aliphatic hydroxyl groups excluding tert-OH is 1. The van der Waals surface area contributed by atoms with Crippen LogP contribution in [0.25, 0.3) is 0 Å². The normalized spacial score (nSPS) is 21.5. The van der Waals surface area contributed by atoms with Gasteiger partial charge >= 0.3 is 0 Å². The second-order valence-corrected chi connectivity index (χ2v) is 4.40. The van der Waals surface area contributed by atoms with Gasteiger partial charge in [0.25, 0.3) is 0 Å². The van der Waals surface area contributed by atoms with Crippen molar-refractivity contribution in [3.63, 3.8) is 0 Å². The van der Waals surface area contributed by atoms with Crippen molar-refractivity contribution in [3.05, 3.63) is 29.6 Å². The molecule has 0 aromatic heterocycles. The van der Waals surface area contributed by atoms with Gasteiger partial charge in [0.05, 0.1) is 19.3 Å². The summed E-state index contributed by atoms with van der Waals surface area (Å²) in [6, 6.07) is 4.21. The van der Waals surface area contributed by atoms with Crippen molar-refractivity contribution in [2.45, 2.75) is 19.4 Å². The number of rotatable bonds is 4. The molecule has 2 atom stereocenters. The number of hydrogen-bond acceptors (Lipinski definition) is 3. The summed E-state index contributed by atoms with van der Waals surface area (Å²) in [5.41, 5.74) is 0.490. The molecule has 1 heterocycles. The Morgan fingerprint density at radius 2 is 2.41 bits per heavy atom. The minimum atomic E-state index is -0.736. The molecule has 17 heavy (non-hydrogen) atoms. The monoisotopic (exact) mass is 240 g/mol. The second kappa shape index (κ2) is 5.47. The van der Waals surface area contributed by atoms with Crippen LogP contribution in [0.15, 0.2) is 18.2 Å². The van der Waals surface area contributed by atoms with Crippen molar-refractivity contribution in [1.82, 2.24) is 0 Å². The quantitative estimate of drug-likeness (QED) is 0.877. The van der Waals surface area contributed by atoms with E-state index < -0.39 is 6.10 Å². The Morgan fingerprint density at radius 1 is 1.59 bits per heavy atom. The fourth-order valence-corrected chi connectivity index (χ4v) is 1.90. The van der Waals surface area contributed by atoms with Crippen molar-refractivity contribution in [2.75, 3.05) is 19.8 Å². The van der Waals surface area contributed by atoms with E-state index >= 15 is 0 Å². The maximum atomic E-state index is 13.1. The molecule has 1 aromatic carbocycles. The van der Waals surface area contributed by atoms with Gasteiger partial charge in [-0.15, -0.1) is 0 Å². The van der Waals surface area contributed by atoms with Gasteiger partial charge < -0.3 is 14.6 Å². The number of hydrogen-bond donors (Lipinski definition) is 1. The van der Waals surface area contributed by atoms with Crippen LogP contribution in [0.5, 0.6) is 5.75 Å². The maximum Gasteiger partial charge on any atom is 0.125 e. The van der Waals surface area contributed by atoms with Gasteiger partial charge in [-0.1, -0.05) is 0 Å². The summed E-state index contributed by atoms with van der Waals surface area (Å²) in [7, 11) is 0. The van der Waals surface area contributed by atoms with Gasteiger partial charge in [-0.25, -0.2) is 4.39 Å². The lowest BCUT2D eigenvalue weighted by Gasteiger charge is -2.15. The van der Waals surface area contributed by atoms with Gasteiger partial charge in [-0.3, -0.25) is 0 Å². The fraction of sp³-hybridized carbons (Fsp3) is 0.538. The summed E-state index contributed by atoms with van der Waals surface area (Å²) in [4.78, 5) is 0. The third kappa shape index (κ3) is 3.17. The zero-order chi connectivity index (χ0) is 12.3. The van der Waals surface area contributed by atoms with Crippen LogP contribution >= 0.6 is 0 Å². The molecule has 0 aliphatic carbocycles. The topological polar surface area (TPSA) is 38.7 Å². The van der Waals surface area contributed by atoms with E-state index in [4.69, 9.17) is 9.47 Å². The summed E-state index contributed by atoms with van der Waals surface area (Å²) >= 11 is 0. The van der Waals surface area contributed by atoms with E-state index in [0.29, 0.717) is 30.4 Å². The van der Waals surface area contributed by atoms with Gasteiger partial charge in [0.2, 0.25) is 0 Å². The van der Waals surface area contributed by atoms with Crippen molar-refractivity contribution in [3.8, 4) is 5.75 Å². The lowest BCUT2D eigenvalue weighted by molar-refractivity contribution is 0.161. The Morgan fingerprint density at radius 3 is 3.06 bits per heavy atom. The molecule has 0 radical (unpaired) electrons. The molecule has 1 aliphatic heterocycles. The SMILES string of the molecule is CC(O)c1cc(F)ccc1OCC1CCOC1. The van der Waals surface area contributed by atoms with Crippen LogP contribution in [0.3, 0.4) is 0 Å². The Bertz CT molecular complexity index is 373. The van der Waals surface area contributed by atoms with E-state index in [9.17, 15) is 9.50 Å². The van der Waals surface area contributed by atoms with Crippen molar-refractivity contribution >= 4 is 0 Å². The van der Waals surface area contributed by atoms with Gasteiger partial charge in [0, 0.05) is 18.1 Å². The number of halogens is 1. The van der Waals surface area contributed by atoms with E-state index in [1.54, 1.807) is 13.0 Å². The molecule has 4 heteroatoms. The Balaban J connectivity index is 2.03. The van der Waals surface area contributed by atoms with E-state index in [0.717, 1.165) is 13.0 Å². The Kier molecular flexibility index (Phi) is 3.97. The third-order valence-corrected chi connectivity index (χ3v) is 2.92. The molecule has 94 valence electrons. The average Bonchev–Trinajstić information content (AvgIpc) is 2.80. The minimum absolute atomic E-state index is 0.363. The molecule has 0 amide bonds. The Labute approximate surface area is 100 Å². The summed E-state index contributed by atoms with van der Waals surface area (Å²) in [5.74, 6) is 0.577. The van der Waals surface area contributed by atoms with Gasteiger partial charge in [0.1, 0.15) is 11.6 Å². The molecule has 1 fully saturated rings. The van der Waals surface area contributed by atoms with Crippen molar-refractivity contribution < 1.29 is 19.0 Å². The highest BCUT2D eigenvalue weighted by atomic mass is 19.1. The highest BCUT2D eigenvalue weighted by Crippen LogP contribution is 2.27. The minimum Gasteiger partial charge on any atom is -0.493 e. The first-order chi connectivity index (χ1) is 8.16. The van der Waals surface area contributed by atoms with E-state index in [1.807, 2.05) is 0 Å². The molecule has 1 aromatic rings. The highest BCUT2D eigenvalue weighted by Gasteiger charge is 2.18. The number of benzene rings is 1. The molecule has 0 spiro atoms. The van der Waals surface area contributed by atoms with Crippen molar-refractivity contribution in [1.29, 1.82) is 0 Å². The number of ether oxygens (including phenoxy) is 2. The van der Waals surface area contributed by atoms with Crippen LogP contribution in [0, 0.1) is 11.7 Å². The number of aliphatic hydroxyl groups is 1. The first-order valence-electron chi connectivity index (χ1n) is 5.85. The van der Waals surface area contributed by atoms with Crippen molar-refractivity contribution in [2.24, 2.45) is 5.92 Å². The molecule has 1 N–H and O–H groups in total. The van der Waals surface area contributed by atoms with Crippen LogP contribution in [-0.2, 0) is 4.74 Å². The second-order valence-electron chi connectivity index (χ2n) is 4.40. The smallest absolute Gasteiger partial charge is 0.125 e. The molecular formula is C13H17FO3. The highest BCUT2D eigenvalue weighted by molar-refractivity contribution is 5.35. The molecule has 1 saturated heterocycles. The zero-order valence-corrected chi connectivity index (χ0v) is 9.86. The van der Waals surface area contributed by atoms with E-state index in [1.165, 1.54) is 12.1 Å². The predicted octanol–water partition coefficient (Wildman–Crippen LogP) is 2.29. The molecule has 2 unspecified atom stereocenters. The Hall–Kier alpha value is -1.13. The predicted molar refractivity (Wildman–Crippen MR) is 61.5 cm³/mol. The van der Waals surface area contributed by atoms with Crippen LogP contribution in [0.2, 0.25) is 0 Å². The van der Waals surface area contributed by atoms with Crippen LogP contribution < -0.4 is 4.74 Å². The standard InChI is InChI=1S/C13H17FO3/c1-9(15)12-6-11(14)2-3-13(12)17-8-10-4-5-16-7-10/h2-3,6,9-10,15H,4-5,7-8H2,1H3. The largest absolute Gasteiger partial charge is 0.493 e.